The van der Waals surface area contributed by atoms with E-state index in [-0.39, 0.29) is 5.91 Å². The maximum atomic E-state index is 12.0. The molecule has 0 bridgehead atoms. The molecule has 0 aliphatic rings. The average molecular weight is 298 g/mol. The van der Waals surface area contributed by atoms with Crippen LogP contribution in [0.5, 0.6) is 5.75 Å². The summed E-state index contributed by atoms with van der Waals surface area (Å²) >= 11 is 0. The van der Waals surface area contributed by atoms with Crippen molar-refractivity contribution in [3.8, 4) is 5.75 Å². The Balaban J connectivity index is 1.87. The van der Waals surface area contributed by atoms with Crippen molar-refractivity contribution in [1.29, 1.82) is 0 Å². The van der Waals surface area contributed by atoms with Gasteiger partial charge in [0.25, 0.3) is 0 Å². The summed E-state index contributed by atoms with van der Waals surface area (Å²) in [6, 6.07) is 13.6. The molecule has 4 heteroatoms. The molecule has 0 aliphatic heterocycles. The number of hydrogen-bond acceptors (Lipinski definition) is 3. The molecule has 0 fully saturated rings. The molecule has 0 aromatic heterocycles. The highest BCUT2D eigenvalue weighted by Crippen LogP contribution is 2.19. The van der Waals surface area contributed by atoms with Gasteiger partial charge in [-0.2, -0.15) is 0 Å². The Morgan fingerprint density at radius 1 is 1.18 bits per heavy atom. The fraction of sp³-hybridized carbons (Fsp3) is 0.278. The van der Waals surface area contributed by atoms with Crippen molar-refractivity contribution in [1.82, 2.24) is 5.32 Å². The summed E-state index contributed by atoms with van der Waals surface area (Å²) in [5, 5.41) is 2.92. The van der Waals surface area contributed by atoms with Crippen LogP contribution in [-0.4, -0.2) is 13.0 Å². The normalized spacial score (nSPS) is 10.3. The molecule has 116 valence electrons. The monoisotopic (exact) mass is 298 g/mol. The summed E-state index contributed by atoms with van der Waals surface area (Å²) in [6.07, 6.45) is 1.06. The zero-order valence-corrected chi connectivity index (χ0v) is 13.1. The largest absolute Gasteiger partial charge is 0.496 e. The molecule has 2 aromatic rings. The Bertz CT molecular complexity index is 653. The Labute approximate surface area is 131 Å². The highest BCUT2D eigenvalue weighted by atomic mass is 16.5. The number of hydrogen-bond donors (Lipinski definition) is 2. The van der Waals surface area contributed by atoms with Crippen molar-refractivity contribution in [3.05, 3.63) is 59.2 Å². The first-order chi connectivity index (χ1) is 10.6. The Morgan fingerprint density at radius 3 is 2.68 bits per heavy atom. The van der Waals surface area contributed by atoms with Gasteiger partial charge in [-0.3, -0.25) is 4.79 Å². The second kappa shape index (κ2) is 7.50. The standard InChI is InChI=1S/C18H22N2O2/c1-13-7-8-15(17(11-13)22-2)12-20-18(21)10-9-14-5-3-4-6-16(14)19/h3-8,11H,9-10,12,19H2,1-2H3,(H,20,21). The molecule has 0 radical (unpaired) electrons. The molecule has 0 atom stereocenters. The van der Waals surface area contributed by atoms with Gasteiger partial charge in [-0.25, -0.2) is 0 Å². The topological polar surface area (TPSA) is 64.3 Å². The van der Waals surface area contributed by atoms with E-state index in [1.54, 1.807) is 7.11 Å². The smallest absolute Gasteiger partial charge is 0.220 e. The molecule has 3 N–H and O–H groups in total. The molecule has 2 aromatic carbocycles. The van der Waals surface area contributed by atoms with E-state index < -0.39 is 0 Å². The first kappa shape index (κ1) is 15.9. The number of rotatable bonds is 6. The minimum absolute atomic E-state index is 0.00545. The van der Waals surface area contributed by atoms with Gasteiger partial charge < -0.3 is 15.8 Å². The second-order valence-corrected chi connectivity index (χ2v) is 5.29. The van der Waals surface area contributed by atoms with E-state index in [9.17, 15) is 4.79 Å². The Kier molecular flexibility index (Phi) is 5.42. The molecule has 0 unspecified atom stereocenters. The molecular weight excluding hydrogens is 276 g/mol. The van der Waals surface area contributed by atoms with E-state index in [4.69, 9.17) is 10.5 Å². The van der Waals surface area contributed by atoms with Gasteiger partial charge in [0.05, 0.1) is 7.11 Å². The minimum atomic E-state index is 0.00545. The van der Waals surface area contributed by atoms with Crippen LogP contribution >= 0.6 is 0 Å². The molecule has 2 rings (SSSR count). The lowest BCUT2D eigenvalue weighted by atomic mass is 10.1. The number of nitrogens with two attached hydrogens (primary N) is 1. The summed E-state index contributed by atoms with van der Waals surface area (Å²) in [5.74, 6) is 0.804. The quantitative estimate of drug-likeness (QED) is 0.806. The number of para-hydroxylation sites is 1. The van der Waals surface area contributed by atoms with Crippen LogP contribution in [0, 0.1) is 6.92 Å². The van der Waals surface area contributed by atoms with E-state index in [1.165, 1.54) is 0 Å². The van der Waals surface area contributed by atoms with E-state index in [0.29, 0.717) is 19.4 Å². The third-order valence-corrected chi connectivity index (χ3v) is 3.60. The summed E-state index contributed by atoms with van der Waals surface area (Å²) in [6.45, 7) is 2.47. The lowest BCUT2D eigenvalue weighted by Gasteiger charge is -2.11. The minimum Gasteiger partial charge on any atom is -0.496 e. The van der Waals surface area contributed by atoms with Crippen LogP contribution < -0.4 is 15.8 Å². The molecule has 0 saturated carbocycles. The summed E-state index contributed by atoms with van der Waals surface area (Å²) in [7, 11) is 1.64. The van der Waals surface area contributed by atoms with Crippen LogP contribution in [0.3, 0.4) is 0 Å². The van der Waals surface area contributed by atoms with Crippen molar-refractivity contribution in [2.75, 3.05) is 12.8 Å². The number of benzene rings is 2. The number of amides is 1. The number of aryl methyl sites for hydroxylation is 2. The van der Waals surface area contributed by atoms with Gasteiger partial charge in [-0.05, 0) is 36.6 Å². The molecule has 0 aliphatic carbocycles. The maximum absolute atomic E-state index is 12.0. The van der Waals surface area contributed by atoms with Crippen LogP contribution in [0.2, 0.25) is 0 Å². The lowest BCUT2D eigenvalue weighted by Crippen LogP contribution is -2.23. The molecule has 0 saturated heterocycles. The first-order valence-corrected chi connectivity index (χ1v) is 7.33. The van der Waals surface area contributed by atoms with Gasteiger partial charge in [-0.15, -0.1) is 0 Å². The Morgan fingerprint density at radius 2 is 1.95 bits per heavy atom. The van der Waals surface area contributed by atoms with Gasteiger partial charge in [0.1, 0.15) is 5.75 Å². The lowest BCUT2D eigenvalue weighted by molar-refractivity contribution is -0.121. The van der Waals surface area contributed by atoms with Crippen LogP contribution in [0.25, 0.3) is 0 Å². The van der Waals surface area contributed by atoms with E-state index in [2.05, 4.69) is 5.32 Å². The van der Waals surface area contributed by atoms with Gasteiger partial charge in [0, 0.05) is 24.2 Å². The SMILES string of the molecule is COc1cc(C)ccc1CNC(=O)CCc1ccccc1N. The Hall–Kier alpha value is -2.49. The molecule has 1 amide bonds. The van der Waals surface area contributed by atoms with Crippen molar-refractivity contribution in [2.45, 2.75) is 26.3 Å². The summed E-state index contributed by atoms with van der Waals surface area (Å²) in [4.78, 5) is 12.0. The number of ether oxygens (including phenoxy) is 1. The van der Waals surface area contributed by atoms with Gasteiger partial charge >= 0.3 is 0 Å². The predicted octanol–water partition coefficient (Wildman–Crippen LogP) is 2.83. The molecule has 0 heterocycles. The van der Waals surface area contributed by atoms with Gasteiger partial charge in [-0.1, -0.05) is 30.3 Å². The van der Waals surface area contributed by atoms with E-state index in [1.807, 2.05) is 49.4 Å². The fourth-order valence-corrected chi connectivity index (χ4v) is 2.29. The fourth-order valence-electron chi connectivity index (χ4n) is 2.29. The molecule has 0 spiro atoms. The third-order valence-electron chi connectivity index (χ3n) is 3.60. The first-order valence-electron chi connectivity index (χ1n) is 7.33. The summed E-state index contributed by atoms with van der Waals surface area (Å²) < 4.78 is 5.34. The van der Waals surface area contributed by atoms with Gasteiger partial charge in [0.15, 0.2) is 0 Å². The highest BCUT2D eigenvalue weighted by Gasteiger charge is 2.07. The van der Waals surface area contributed by atoms with Crippen LogP contribution in [0.4, 0.5) is 5.69 Å². The maximum Gasteiger partial charge on any atom is 0.220 e. The highest BCUT2D eigenvalue weighted by molar-refractivity contribution is 5.76. The molecule has 22 heavy (non-hydrogen) atoms. The zero-order valence-electron chi connectivity index (χ0n) is 13.1. The molecule has 4 nitrogen and oxygen atoms in total. The van der Waals surface area contributed by atoms with Crippen molar-refractivity contribution < 1.29 is 9.53 Å². The van der Waals surface area contributed by atoms with Gasteiger partial charge in [0.2, 0.25) is 5.91 Å². The van der Waals surface area contributed by atoms with Crippen LogP contribution in [0.15, 0.2) is 42.5 Å². The predicted molar refractivity (Wildman–Crippen MR) is 88.8 cm³/mol. The van der Waals surface area contributed by atoms with Crippen LogP contribution in [-0.2, 0) is 17.8 Å². The van der Waals surface area contributed by atoms with Crippen molar-refractivity contribution >= 4 is 11.6 Å². The number of carbonyl (C=O) groups is 1. The zero-order chi connectivity index (χ0) is 15.9. The average Bonchev–Trinajstić information content (AvgIpc) is 2.52. The number of methoxy groups -OCH3 is 1. The number of carbonyl (C=O) groups excluding carboxylic acids is 1. The number of anilines is 1. The number of nitrogens with one attached hydrogen (secondary N) is 1. The number of nitrogen functional groups attached to an aromatic ring is 1. The van der Waals surface area contributed by atoms with Crippen LogP contribution in [0.1, 0.15) is 23.1 Å². The van der Waals surface area contributed by atoms with Crippen molar-refractivity contribution in [3.63, 3.8) is 0 Å². The van der Waals surface area contributed by atoms with E-state index in [0.717, 1.165) is 28.1 Å². The van der Waals surface area contributed by atoms with E-state index >= 15 is 0 Å². The van der Waals surface area contributed by atoms with Crippen molar-refractivity contribution in [2.24, 2.45) is 0 Å². The second-order valence-electron chi connectivity index (χ2n) is 5.29. The summed E-state index contributed by atoms with van der Waals surface area (Å²) in [5.41, 5.74) is 9.72. The molecular formula is C18H22N2O2. The third kappa shape index (κ3) is 4.25.